The van der Waals surface area contributed by atoms with Gasteiger partial charge in [-0.05, 0) is 79.6 Å². The van der Waals surface area contributed by atoms with E-state index in [0.29, 0.717) is 59.9 Å². The van der Waals surface area contributed by atoms with Crippen molar-refractivity contribution in [3.05, 3.63) is 98.7 Å². The molecular formula is C40H43Cl2N5O8. The number of aliphatic hydroxyl groups is 1. The topological polar surface area (TPSA) is 183 Å². The van der Waals surface area contributed by atoms with Gasteiger partial charge in [-0.1, -0.05) is 59.6 Å². The maximum Gasteiger partial charge on any atom is 0.310 e. The number of aliphatic carboxylic acids is 2. The highest BCUT2D eigenvalue weighted by Crippen LogP contribution is 2.43. The Morgan fingerprint density at radius 1 is 1.07 bits per heavy atom. The maximum absolute atomic E-state index is 13.5. The second kappa shape index (κ2) is 17.3. The molecule has 290 valence electrons. The van der Waals surface area contributed by atoms with Crippen LogP contribution in [0.3, 0.4) is 0 Å². The van der Waals surface area contributed by atoms with E-state index in [1.807, 2.05) is 30.3 Å². The number of nitrogens with one attached hydrogen (secondary N) is 2. The molecule has 1 aliphatic carbocycles. The van der Waals surface area contributed by atoms with E-state index in [1.54, 1.807) is 37.4 Å². The predicted molar refractivity (Wildman–Crippen MR) is 207 cm³/mol. The summed E-state index contributed by atoms with van der Waals surface area (Å²) >= 11 is 13.6. The van der Waals surface area contributed by atoms with Crippen molar-refractivity contribution in [2.45, 2.75) is 64.3 Å². The molecule has 0 saturated carbocycles. The van der Waals surface area contributed by atoms with Gasteiger partial charge in [0.25, 0.3) is 5.91 Å². The summed E-state index contributed by atoms with van der Waals surface area (Å²) in [6, 6.07) is 16.5. The number of hydrogen-bond acceptors (Lipinski definition) is 10. The summed E-state index contributed by atoms with van der Waals surface area (Å²) in [6.45, 7) is 3.94. The Morgan fingerprint density at radius 3 is 2.58 bits per heavy atom. The van der Waals surface area contributed by atoms with Crippen LogP contribution in [0.5, 0.6) is 11.8 Å². The number of hydrogen-bond donors (Lipinski definition) is 5. The van der Waals surface area contributed by atoms with Crippen LogP contribution in [-0.2, 0) is 29.1 Å². The molecule has 6 rings (SSSR count). The van der Waals surface area contributed by atoms with Gasteiger partial charge in [-0.15, -0.1) is 0 Å². The Hall–Kier alpha value is -4.79. The molecule has 0 bridgehead atoms. The van der Waals surface area contributed by atoms with Crippen LogP contribution in [0.1, 0.15) is 71.3 Å². The molecule has 15 heteroatoms. The van der Waals surface area contributed by atoms with Crippen molar-refractivity contribution in [1.29, 1.82) is 0 Å². The zero-order valence-corrected chi connectivity index (χ0v) is 32.0. The van der Waals surface area contributed by atoms with E-state index in [4.69, 9.17) is 37.8 Å². The molecule has 4 aromatic rings. The summed E-state index contributed by atoms with van der Waals surface area (Å²) < 4.78 is 11.8. The van der Waals surface area contributed by atoms with Gasteiger partial charge in [-0.2, -0.15) is 4.98 Å². The highest BCUT2D eigenvalue weighted by atomic mass is 35.5. The average molecular weight is 793 g/mol. The first-order valence-corrected chi connectivity index (χ1v) is 18.7. The first kappa shape index (κ1) is 39.9. The number of fused-ring (bicyclic) bond motifs is 1. The molecular weight excluding hydrogens is 749 g/mol. The number of nitrogens with zero attached hydrogens (tertiary/aromatic N) is 3. The van der Waals surface area contributed by atoms with Crippen LogP contribution in [0.15, 0.2) is 60.8 Å². The lowest BCUT2D eigenvalue weighted by Crippen LogP contribution is -2.45. The number of carboxylic acids is 2. The molecule has 0 radical (unpaired) electrons. The second-order valence-electron chi connectivity index (χ2n) is 14.2. The smallest absolute Gasteiger partial charge is 0.310 e. The van der Waals surface area contributed by atoms with E-state index < -0.39 is 29.4 Å². The van der Waals surface area contributed by atoms with Gasteiger partial charge < -0.3 is 35.4 Å². The number of aliphatic hydroxyl groups excluding tert-OH is 1. The molecule has 0 unspecified atom stereocenters. The number of likely N-dealkylation sites (tertiary alicyclic amines) is 1. The monoisotopic (exact) mass is 791 g/mol. The van der Waals surface area contributed by atoms with Crippen molar-refractivity contribution in [3.63, 3.8) is 0 Å². The minimum Gasteiger partial charge on any atom is -0.481 e. The molecule has 55 heavy (non-hydrogen) atoms. The fourth-order valence-electron chi connectivity index (χ4n) is 7.26. The molecule has 1 saturated heterocycles. The van der Waals surface area contributed by atoms with E-state index in [9.17, 15) is 24.6 Å². The number of carbonyl (C=O) groups is 3. The summed E-state index contributed by atoms with van der Waals surface area (Å²) in [5.74, 6) is -1.43. The summed E-state index contributed by atoms with van der Waals surface area (Å²) in [5, 5.41) is 34.8. The van der Waals surface area contributed by atoms with Crippen LogP contribution in [0.4, 0.5) is 5.82 Å². The molecule has 1 amide bonds. The van der Waals surface area contributed by atoms with Crippen LogP contribution in [0, 0.1) is 5.41 Å². The fraction of sp³-hybridized carbons (Fsp3) is 0.375. The highest BCUT2D eigenvalue weighted by molar-refractivity contribution is 6.37. The number of pyridine rings is 2. The lowest BCUT2D eigenvalue weighted by molar-refractivity contribution is -0.151. The lowest BCUT2D eigenvalue weighted by atomic mass is 9.82. The van der Waals surface area contributed by atoms with E-state index in [-0.39, 0.29) is 42.4 Å². The van der Waals surface area contributed by atoms with Crippen molar-refractivity contribution in [1.82, 2.24) is 20.2 Å². The number of piperidine rings is 1. The third-order valence-corrected chi connectivity index (χ3v) is 10.7. The van der Waals surface area contributed by atoms with Gasteiger partial charge in [0.1, 0.15) is 16.9 Å². The molecule has 13 nitrogen and oxygen atoms in total. The van der Waals surface area contributed by atoms with Crippen LogP contribution < -0.4 is 20.1 Å². The third-order valence-electron chi connectivity index (χ3n) is 10.0. The van der Waals surface area contributed by atoms with Crippen LogP contribution >= 0.6 is 23.2 Å². The van der Waals surface area contributed by atoms with E-state index in [1.165, 1.54) is 7.11 Å². The molecule has 3 atom stereocenters. The van der Waals surface area contributed by atoms with Crippen molar-refractivity contribution >= 4 is 46.9 Å². The first-order valence-electron chi connectivity index (χ1n) is 18.0. The third kappa shape index (κ3) is 9.37. The summed E-state index contributed by atoms with van der Waals surface area (Å²) in [7, 11) is 1.47. The largest absolute Gasteiger partial charge is 0.481 e. The molecule has 2 aliphatic rings. The Balaban J connectivity index is 1.12. The Morgan fingerprint density at radius 2 is 1.85 bits per heavy atom. The molecule has 2 aromatic carbocycles. The van der Waals surface area contributed by atoms with Crippen LogP contribution in [-0.4, -0.2) is 80.9 Å². The molecule has 0 spiro atoms. The zero-order chi connectivity index (χ0) is 39.3. The summed E-state index contributed by atoms with van der Waals surface area (Å²) in [4.78, 5) is 47.2. The maximum atomic E-state index is 13.5. The number of aromatic nitrogens is 2. The van der Waals surface area contributed by atoms with Crippen molar-refractivity contribution in [2.75, 3.05) is 32.1 Å². The Labute approximate surface area is 328 Å². The van der Waals surface area contributed by atoms with Gasteiger partial charge in [0.15, 0.2) is 0 Å². The molecule has 5 N–H and O–H groups in total. The van der Waals surface area contributed by atoms with Crippen LogP contribution in [0.2, 0.25) is 10.0 Å². The number of amides is 1. The minimum absolute atomic E-state index is 0.0632. The average Bonchev–Trinajstić information content (AvgIpc) is 3.56. The van der Waals surface area contributed by atoms with Gasteiger partial charge in [0.2, 0.25) is 11.8 Å². The number of benzene rings is 2. The number of halogens is 2. The van der Waals surface area contributed by atoms with Gasteiger partial charge in [-0.3, -0.25) is 19.3 Å². The van der Waals surface area contributed by atoms with E-state index in [2.05, 4.69) is 25.5 Å². The SMILES string of the molecule is COc1nc(O[C@H]2CCc3c(-c4cccc(C(=O)Nc5ccc(CN6CCC[C@@](C)(C(=O)O)C6)cn5)c4Cl)cccc32)c(Cl)cc1CNC[C@@H](O)CC(=O)O. The molecule has 1 fully saturated rings. The number of ether oxygens (including phenoxy) is 2. The van der Waals surface area contributed by atoms with Gasteiger partial charge in [-0.25, -0.2) is 4.98 Å². The predicted octanol–water partition coefficient (Wildman–Crippen LogP) is 6.39. The molecule has 1 aliphatic heterocycles. The zero-order valence-electron chi connectivity index (χ0n) is 30.5. The number of carbonyl (C=O) groups excluding carboxylic acids is 1. The van der Waals surface area contributed by atoms with Gasteiger partial charge in [0.05, 0.1) is 35.6 Å². The van der Waals surface area contributed by atoms with Crippen molar-refractivity contribution in [3.8, 4) is 22.9 Å². The number of carboxylic acid groups (broad SMARTS) is 2. The van der Waals surface area contributed by atoms with Crippen LogP contribution in [0.25, 0.3) is 11.1 Å². The van der Waals surface area contributed by atoms with Crippen molar-refractivity contribution in [2.24, 2.45) is 5.41 Å². The van der Waals surface area contributed by atoms with Gasteiger partial charge >= 0.3 is 11.9 Å². The Bertz CT molecular complexity index is 2070. The lowest BCUT2D eigenvalue weighted by Gasteiger charge is -2.37. The van der Waals surface area contributed by atoms with E-state index >= 15 is 0 Å². The summed E-state index contributed by atoms with van der Waals surface area (Å²) in [6.07, 6.45) is 2.70. The number of rotatable bonds is 15. The summed E-state index contributed by atoms with van der Waals surface area (Å²) in [5.41, 5.74) is 4.62. The van der Waals surface area contributed by atoms with Crippen molar-refractivity contribution < 1.29 is 39.2 Å². The molecule has 3 heterocycles. The normalized spacial score (nSPS) is 18.7. The Kier molecular flexibility index (Phi) is 12.6. The fourth-order valence-corrected chi connectivity index (χ4v) is 7.79. The highest BCUT2D eigenvalue weighted by Gasteiger charge is 2.37. The van der Waals surface area contributed by atoms with E-state index in [0.717, 1.165) is 35.2 Å². The second-order valence-corrected chi connectivity index (χ2v) is 15.0. The van der Waals surface area contributed by atoms with Gasteiger partial charge in [0, 0.05) is 43.5 Å². The minimum atomic E-state index is -1.09. The number of methoxy groups -OCH3 is 1. The standard InChI is InChI=1S/C40H43Cl2N5O8/c1-40(39(52)53)14-5-15-47(22-40)21-23-10-13-33(44-18-23)45-36(51)30-9-4-8-29(35(30)42)26-6-3-7-28-27(26)11-12-32(28)55-38-31(41)16-24(37(46-38)54-2)19-43-20-25(48)17-34(49)50/h3-4,6-10,13,16,18,25,32,43,48H,5,11-12,14-15,17,19-22H2,1-2H3,(H,49,50)(H,52,53)(H,44,45,51)/t25-,32-,40+/m0/s1. The first-order chi connectivity index (χ1) is 26.3. The quantitative estimate of drug-likeness (QED) is 0.0896. The number of anilines is 1. The molecule has 2 aromatic heterocycles.